The SMILES string of the molecule is COc1ccc(CNC2CCC(SC)C2)cc1. The topological polar surface area (TPSA) is 21.3 Å². The van der Waals surface area contributed by atoms with Gasteiger partial charge in [-0.2, -0.15) is 11.8 Å². The van der Waals surface area contributed by atoms with Gasteiger partial charge in [-0.05, 0) is 43.2 Å². The number of thioether (sulfide) groups is 1. The zero-order chi connectivity index (χ0) is 12.1. The largest absolute Gasteiger partial charge is 0.497 e. The Kier molecular flexibility index (Phi) is 4.75. The van der Waals surface area contributed by atoms with Crippen LogP contribution in [-0.4, -0.2) is 24.7 Å². The molecule has 0 heterocycles. The average molecular weight is 251 g/mol. The van der Waals surface area contributed by atoms with Gasteiger partial charge in [-0.25, -0.2) is 0 Å². The molecule has 0 spiro atoms. The second-order valence-electron chi connectivity index (χ2n) is 4.60. The van der Waals surface area contributed by atoms with Gasteiger partial charge in [0.2, 0.25) is 0 Å². The summed E-state index contributed by atoms with van der Waals surface area (Å²) in [4.78, 5) is 0. The lowest BCUT2D eigenvalue weighted by molar-refractivity contribution is 0.414. The highest BCUT2D eigenvalue weighted by molar-refractivity contribution is 7.99. The molecule has 2 atom stereocenters. The van der Waals surface area contributed by atoms with Crippen molar-refractivity contribution in [1.82, 2.24) is 5.32 Å². The van der Waals surface area contributed by atoms with Crippen molar-refractivity contribution < 1.29 is 4.74 Å². The number of ether oxygens (including phenoxy) is 1. The summed E-state index contributed by atoms with van der Waals surface area (Å²) in [5.41, 5.74) is 1.33. The first kappa shape index (κ1) is 12.8. The molecule has 94 valence electrons. The number of benzene rings is 1. The van der Waals surface area contributed by atoms with E-state index in [-0.39, 0.29) is 0 Å². The van der Waals surface area contributed by atoms with Gasteiger partial charge in [-0.15, -0.1) is 0 Å². The molecule has 1 N–H and O–H groups in total. The van der Waals surface area contributed by atoms with Gasteiger partial charge >= 0.3 is 0 Å². The van der Waals surface area contributed by atoms with Gasteiger partial charge in [-0.3, -0.25) is 0 Å². The Morgan fingerprint density at radius 1 is 1.29 bits per heavy atom. The highest BCUT2D eigenvalue weighted by Gasteiger charge is 2.22. The van der Waals surface area contributed by atoms with Crippen molar-refractivity contribution in [2.45, 2.75) is 37.1 Å². The van der Waals surface area contributed by atoms with Crippen molar-refractivity contribution in [2.75, 3.05) is 13.4 Å². The molecule has 0 radical (unpaired) electrons. The first-order valence-electron chi connectivity index (χ1n) is 6.21. The predicted octanol–water partition coefficient (Wildman–Crippen LogP) is 3.07. The molecule has 0 aliphatic heterocycles. The average Bonchev–Trinajstić information content (AvgIpc) is 2.85. The van der Waals surface area contributed by atoms with Crippen LogP contribution >= 0.6 is 11.8 Å². The Morgan fingerprint density at radius 3 is 2.65 bits per heavy atom. The molecular weight excluding hydrogens is 230 g/mol. The maximum Gasteiger partial charge on any atom is 0.118 e. The van der Waals surface area contributed by atoms with Crippen LogP contribution in [0.2, 0.25) is 0 Å². The molecule has 0 saturated heterocycles. The third-order valence-electron chi connectivity index (χ3n) is 3.47. The molecule has 2 rings (SSSR count). The lowest BCUT2D eigenvalue weighted by Gasteiger charge is -2.12. The molecule has 0 aromatic heterocycles. The molecule has 2 nitrogen and oxygen atoms in total. The minimum Gasteiger partial charge on any atom is -0.497 e. The Labute approximate surface area is 108 Å². The Balaban J connectivity index is 1.78. The zero-order valence-electron chi connectivity index (χ0n) is 10.6. The summed E-state index contributed by atoms with van der Waals surface area (Å²) in [6, 6.07) is 9.02. The highest BCUT2D eigenvalue weighted by atomic mass is 32.2. The van der Waals surface area contributed by atoms with Crippen molar-refractivity contribution in [1.29, 1.82) is 0 Å². The van der Waals surface area contributed by atoms with Gasteiger partial charge < -0.3 is 10.1 Å². The number of methoxy groups -OCH3 is 1. The van der Waals surface area contributed by atoms with E-state index in [9.17, 15) is 0 Å². The minimum atomic E-state index is 0.703. The van der Waals surface area contributed by atoms with Crippen LogP contribution in [0.5, 0.6) is 5.75 Å². The summed E-state index contributed by atoms with van der Waals surface area (Å²) >= 11 is 2.01. The maximum absolute atomic E-state index is 5.15. The summed E-state index contributed by atoms with van der Waals surface area (Å²) in [6.45, 7) is 0.968. The fourth-order valence-electron chi connectivity index (χ4n) is 2.35. The van der Waals surface area contributed by atoms with Crippen LogP contribution < -0.4 is 10.1 Å². The first-order valence-corrected chi connectivity index (χ1v) is 7.49. The second-order valence-corrected chi connectivity index (χ2v) is 5.73. The lowest BCUT2D eigenvalue weighted by Crippen LogP contribution is -2.26. The molecule has 0 amide bonds. The molecule has 1 aromatic rings. The zero-order valence-corrected chi connectivity index (χ0v) is 11.4. The summed E-state index contributed by atoms with van der Waals surface area (Å²) in [6.07, 6.45) is 6.22. The van der Waals surface area contributed by atoms with Gasteiger partial charge in [0.05, 0.1) is 7.11 Å². The van der Waals surface area contributed by atoms with Gasteiger partial charge in [0, 0.05) is 17.8 Å². The molecule has 17 heavy (non-hydrogen) atoms. The van der Waals surface area contributed by atoms with Gasteiger partial charge in [0.1, 0.15) is 5.75 Å². The maximum atomic E-state index is 5.15. The van der Waals surface area contributed by atoms with E-state index in [4.69, 9.17) is 4.74 Å². The van der Waals surface area contributed by atoms with Crippen molar-refractivity contribution >= 4 is 11.8 Å². The van der Waals surface area contributed by atoms with Gasteiger partial charge in [0.15, 0.2) is 0 Å². The molecule has 1 saturated carbocycles. The van der Waals surface area contributed by atoms with Crippen LogP contribution in [-0.2, 0) is 6.54 Å². The predicted molar refractivity (Wildman–Crippen MR) is 74.8 cm³/mol. The Bertz CT molecular complexity index is 339. The van der Waals surface area contributed by atoms with E-state index in [1.807, 2.05) is 23.9 Å². The highest BCUT2D eigenvalue weighted by Crippen LogP contribution is 2.28. The van der Waals surface area contributed by atoms with E-state index in [0.29, 0.717) is 6.04 Å². The minimum absolute atomic E-state index is 0.703. The van der Waals surface area contributed by atoms with Crippen LogP contribution in [0, 0.1) is 0 Å². The van der Waals surface area contributed by atoms with Crippen molar-refractivity contribution in [2.24, 2.45) is 0 Å². The van der Waals surface area contributed by atoms with Crippen LogP contribution in [0.1, 0.15) is 24.8 Å². The second kappa shape index (κ2) is 6.31. The molecule has 0 bridgehead atoms. The monoisotopic (exact) mass is 251 g/mol. The first-order chi connectivity index (χ1) is 8.31. The van der Waals surface area contributed by atoms with E-state index >= 15 is 0 Å². The number of hydrogen-bond donors (Lipinski definition) is 1. The summed E-state index contributed by atoms with van der Waals surface area (Å²) in [5, 5.41) is 4.51. The van der Waals surface area contributed by atoms with Crippen molar-refractivity contribution in [3.05, 3.63) is 29.8 Å². The van der Waals surface area contributed by atoms with Crippen LogP contribution in [0.3, 0.4) is 0 Å². The van der Waals surface area contributed by atoms with Crippen molar-refractivity contribution in [3.8, 4) is 5.75 Å². The molecule has 1 aliphatic carbocycles. The number of nitrogens with one attached hydrogen (secondary N) is 1. The third-order valence-corrected chi connectivity index (χ3v) is 4.57. The van der Waals surface area contributed by atoms with E-state index in [2.05, 4.69) is 23.7 Å². The van der Waals surface area contributed by atoms with E-state index in [0.717, 1.165) is 17.5 Å². The summed E-state index contributed by atoms with van der Waals surface area (Å²) < 4.78 is 5.15. The molecular formula is C14H21NOS. The Morgan fingerprint density at radius 2 is 2.06 bits per heavy atom. The fraction of sp³-hybridized carbons (Fsp3) is 0.571. The van der Waals surface area contributed by atoms with E-state index in [1.165, 1.54) is 24.8 Å². The van der Waals surface area contributed by atoms with Crippen LogP contribution in [0.15, 0.2) is 24.3 Å². The normalized spacial score (nSPS) is 23.9. The molecule has 2 unspecified atom stereocenters. The quantitative estimate of drug-likeness (QED) is 0.869. The fourth-order valence-corrected chi connectivity index (χ4v) is 3.14. The summed E-state index contributed by atoms with van der Waals surface area (Å²) in [7, 11) is 1.70. The molecule has 1 fully saturated rings. The molecule has 1 aromatic carbocycles. The van der Waals surface area contributed by atoms with E-state index < -0.39 is 0 Å². The lowest BCUT2D eigenvalue weighted by atomic mass is 10.2. The number of rotatable bonds is 5. The van der Waals surface area contributed by atoms with Crippen LogP contribution in [0.25, 0.3) is 0 Å². The van der Waals surface area contributed by atoms with Crippen LogP contribution in [0.4, 0.5) is 0 Å². The van der Waals surface area contributed by atoms with Crippen molar-refractivity contribution in [3.63, 3.8) is 0 Å². The smallest absolute Gasteiger partial charge is 0.118 e. The number of hydrogen-bond acceptors (Lipinski definition) is 3. The standard InChI is InChI=1S/C14H21NOS/c1-16-13-6-3-11(4-7-13)10-15-12-5-8-14(9-12)17-2/h3-4,6-7,12,14-15H,5,8-10H2,1-2H3. The molecule has 3 heteroatoms. The van der Waals surface area contributed by atoms with Gasteiger partial charge in [-0.1, -0.05) is 12.1 Å². The van der Waals surface area contributed by atoms with E-state index in [1.54, 1.807) is 7.11 Å². The van der Waals surface area contributed by atoms with Gasteiger partial charge in [0.25, 0.3) is 0 Å². The Hall–Kier alpha value is -0.670. The molecule has 1 aliphatic rings. The summed E-state index contributed by atoms with van der Waals surface area (Å²) in [5.74, 6) is 0.928. The third kappa shape index (κ3) is 3.65.